The molecule has 0 amide bonds. The van der Waals surface area contributed by atoms with Crippen molar-refractivity contribution in [3.63, 3.8) is 0 Å². The van der Waals surface area contributed by atoms with Gasteiger partial charge in [-0.15, -0.1) is 0 Å². The van der Waals surface area contributed by atoms with Crippen LogP contribution < -0.4 is 5.73 Å². The van der Waals surface area contributed by atoms with Gasteiger partial charge in [-0.25, -0.2) is 0 Å². The third-order valence-electron chi connectivity index (χ3n) is 3.69. The molecule has 0 spiro atoms. The second-order valence-electron chi connectivity index (χ2n) is 5.57. The van der Waals surface area contributed by atoms with Crippen LogP contribution >= 0.6 is 0 Å². The third-order valence-corrected chi connectivity index (χ3v) is 3.69. The number of hydrogen-bond acceptors (Lipinski definition) is 3. The number of nitrogens with two attached hydrogens (primary N) is 1. The van der Waals surface area contributed by atoms with Crippen LogP contribution in [0.5, 0.6) is 0 Å². The van der Waals surface area contributed by atoms with Crippen LogP contribution in [-0.4, -0.2) is 30.2 Å². The number of alkyl halides is 3. The van der Waals surface area contributed by atoms with E-state index >= 15 is 0 Å². The quantitative estimate of drug-likeness (QED) is 0.919. The first-order chi connectivity index (χ1) is 9.92. The maximum Gasteiger partial charge on any atom is 0.401 e. The predicted molar refractivity (Wildman–Crippen MR) is 73.8 cm³/mol. The maximum atomic E-state index is 12.6. The summed E-state index contributed by atoms with van der Waals surface area (Å²) in [5.74, 6) is 0.532. The molecule has 1 aromatic carbocycles. The van der Waals surface area contributed by atoms with Gasteiger partial charge in [-0.1, -0.05) is 18.2 Å². The highest BCUT2D eigenvalue weighted by atomic mass is 19.4. The minimum Gasteiger partial charge on any atom is -0.459 e. The van der Waals surface area contributed by atoms with E-state index in [1.807, 2.05) is 24.3 Å². The van der Waals surface area contributed by atoms with Gasteiger partial charge in [-0.3, -0.25) is 4.90 Å². The summed E-state index contributed by atoms with van der Waals surface area (Å²) in [7, 11) is 0. The summed E-state index contributed by atoms with van der Waals surface area (Å²) in [6, 6.07) is 8.69. The van der Waals surface area contributed by atoms with Crippen molar-refractivity contribution in [2.75, 3.05) is 13.1 Å². The Morgan fingerprint density at radius 2 is 2.00 bits per heavy atom. The van der Waals surface area contributed by atoms with E-state index in [1.54, 1.807) is 6.07 Å². The Bertz CT molecular complexity index is 586. The second-order valence-corrected chi connectivity index (χ2v) is 5.57. The lowest BCUT2D eigenvalue weighted by atomic mass is 10.2. The zero-order chi connectivity index (χ0) is 15.0. The number of halogens is 3. The normalized spacial score (nSPS) is 17.6. The van der Waals surface area contributed by atoms with Gasteiger partial charge >= 0.3 is 6.18 Å². The predicted octanol–water partition coefficient (Wildman–Crippen LogP) is 3.46. The van der Waals surface area contributed by atoms with Crippen molar-refractivity contribution in [3.05, 3.63) is 36.1 Å². The smallest absolute Gasteiger partial charge is 0.401 e. The SMILES string of the molecule is NC(CN(CC(F)(F)F)C1CC1)c1cc2ccccc2o1. The van der Waals surface area contributed by atoms with Crippen LogP contribution in [0.1, 0.15) is 24.6 Å². The Hall–Kier alpha value is -1.53. The van der Waals surface area contributed by atoms with Gasteiger partial charge in [-0.05, 0) is 25.0 Å². The highest BCUT2D eigenvalue weighted by molar-refractivity contribution is 5.77. The van der Waals surface area contributed by atoms with E-state index in [0.717, 1.165) is 18.2 Å². The molecule has 21 heavy (non-hydrogen) atoms. The fourth-order valence-corrected chi connectivity index (χ4v) is 2.54. The molecule has 0 radical (unpaired) electrons. The fraction of sp³-hybridized carbons (Fsp3) is 0.467. The van der Waals surface area contributed by atoms with Crippen LogP contribution in [0.25, 0.3) is 11.0 Å². The van der Waals surface area contributed by atoms with Gasteiger partial charge in [0.1, 0.15) is 11.3 Å². The Balaban J connectivity index is 1.72. The first-order valence-corrected chi connectivity index (χ1v) is 6.97. The summed E-state index contributed by atoms with van der Waals surface area (Å²) in [4.78, 5) is 1.41. The summed E-state index contributed by atoms with van der Waals surface area (Å²) < 4.78 is 43.5. The second kappa shape index (κ2) is 5.35. The molecule has 6 heteroatoms. The molecule has 1 unspecified atom stereocenters. The van der Waals surface area contributed by atoms with E-state index in [4.69, 9.17) is 10.2 Å². The number of rotatable bonds is 5. The van der Waals surface area contributed by atoms with Gasteiger partial charge in [0.15, 0.2) is 0 Å². The van der Waals surface area contributed by atoms with Crippen LogP contribution in [0, 0.1) is 0 Å². The zero-order valence-electron chi connectivity index (χ0n) is 11.4. The standard InChI is InChI=1S/C15H17F3N2O/c16-15(17,18)9-20(11-5-6-11)8-12(19)14-7-10-3-1-2-4-13(10)21-14/h1-4,7,11-12H,5-6,8-9,19H2. The summed E-state index contributed by atoms with van der Waals surface area (Å²) in [5.41, 5.74) is 6.75. The van der Waals surface area contributed by atoms with E-state index in [2.05, 4.69) is 0 Å². The van der Waals surface area contributed by atoms with Gasteiger partial charge in [-0.2, -0.15) is 13.2 Å². The van der Waals surface area contributed by atoms with Gasteiger partial charge < -0.3 is 10.2 Å². The van der Waals surface area contributed by atoms with E-state index < -0.39 is 18.8 Å². The highest BCUT2D eigenvalue weighted by Gasteiger charge is 2.38. The molecule has 2 N–H and O–H groups in total. The van der Waals surface area contributed by atoms with E-state index in [-0.39, 0.29) is 12.6 Å². The first kappa shape index (κ1) is 14.4. The monoisotopic (exact) mass is 298 g/mol. The molecule has 114 valence electrons. The molecule has 0 saturated heterocycles. The lowest BCUT2D eigenvalue weighted by Gasteiger charge is -2.25. The van der Waals surface area contributed by atoms with Crippen molar-refractivity contribution in [2.45, 2.75) is 31.1 Å². The van der Waals surface area contributed by atoms with Crippen molar-refractivity contribution < 1.29 is 17.6 Å². The van der Waals surface area contributed by atoms with Crippen LogP contribution in [0.15, 0.2) is 34.7 Å². The molecule has 1 aromatic heterocycles. The molecule has 0 aliphatic heterocycles. The number of furan rings is 1. The number of hydrogen-bond donors (Lipinski definition) is 1. The molecule has 1 fully saturated rings. The molecule has 1 heterocycles. The number of fused-ring (bicyclic) bond motifs is 1. The third kappa shape index (κ3) is 3.57. The molecule has 1 aliphatic carbocycles. The van der Waals surface area contributed by atoms with Crippen molar-refractivity contribution in [1.82, 2.24) is 4.90 Å². The minimum atomic E-state index is -4.20. The molecule has 1 aliphatic rings. The Morgan fingerprint density at radius 1 is 1.29 bits per heavy atom. The molecular formula is C15H17F3N2O. The maximum absolute atomic E-state index is 12.6. The van der Waals surface area contributed by atoms with Gasteiger partial charge in [0.05, 0.1) is 12.6 Å². The molecule has 1 atom stereocenters. The topological polar surface area (TPSA) is 42.4 Å². The Morgan fingerprint density at radius 3 is 2.62 bits per heavy atom. The van der Waals surface area contributed by atoms with Gasteiger partial charge in [0.2, 0.25) is 0 Å². The van der Waals surface area contributed by atoms with Gasteiger partial charge in [0, 0.05) is 18.0 Å². The molecule has 3 rings (SSSR count). The molecule has 1 saturated carbocycles. The van der Waals surface area contributed by atoms with Crippen molar-refractivity contribution in [2.24, 2.45) is 5.73 Å². The number of benzene rings is 1. The fourth-order valence-electron chi connectivity index (χ4n) is 2.54. The van der Waals surface area contributed by atoms with Crippen LogP contribution in [0.3, 0.4) is 0 Å². The van der Waals surface area contributed by atoms with Crippen LogP contribution in [0.4, 0.5) is 13.2 Å². The summed E-state index contributed by atoms with van der Waals surface area (Å²) in [6.07, 6.45) is -2.58. The van der Waals surface area contributed by atoms with Crippen LogP contribution in [0.2, 0.25) is 0 Å². The largest absolute Gasteiger partial charge is 0.459 e. The Kier molecular flexibility index (Phi) is 3.67. The molecule has 3 nitrogen and oxygen atoms in total. The average Bonchev–Trinajstić information content (AvgIpc) is 3.15. The molecule has 2 aromatic rings. The van der Waals surface area contributed by atoms with E-state index in [0.29, 0.717) is 11.3 Å². The highest BCUT2D eigenvalue weighted by Crippen LogP contribution is 2.32. The molecular weight excluding hydrogens is 281 g/mol. The lowest BCUT2D eigenvalue weighted by Crippen LogP contribution is -2.40. The first-order valence-electron chi connectivity index (χ1n) is 6.97. The summed E-state index contributed by atoms with van der Waals surface area (Å²) in [5, 5.41) is 0.914. The van der Waals surface area contributed by atoms with Crippen LogP contribution in [-0.2, 0) is 0 Å². The number of para-hydroxylation sites is 1. The average molecular weight is 298 g/mol. The van der Waals surface area contributed by atoms with E-state index in [9.17, 15) is 13.2 Å². The lowest BCUT2D eigenvalue weighted by molar-refractivity contribution is -0.147. The summed E-state index contributed by atoms with van der Waals surface area (Å²) >= 11 is 0. The summed E-state index contributed by atoms with van der Waals surface area (Å²) in [6.45, 7) is -0.754. The van der Waals surface area contributed by atoms with Crippen molar-refractivity contribution in [3.8, 4) is 0 Å². The van der Waals surface area contributed by atoms with Crippen molar-refractivity contribution >= 4 is 11.0 Å². The van der Waals surface area contributed by atoms with Gasteiger partial charge in [0.25, 0.3) is 0 Å². The van der Waals surface area contributed by atoms with Crippen molar-refractivity contribution in [1.29, 1.82) is 0 Å². The zero-order valence-corrected chi connectivity index (χ0v) is 11.4. The van der Waals surface area contributed by atoms with E-state index in [1.165, 1.54) is 4.90 Å². The Labute approximate surface area is 120 Å². The molecule has 0 bridgehead atoms. The number of nitrogens with zero attached hydrogens (tertiary/aromatic N) is 1. The minimum absolute atomic E-state index is 0.00190.